The first-order valence-electron chi connectivity index (χ1n) is 7.15. The van der Waals surface area contributed by atoms with E-state index in [-0.39, 0.29) is 22.0 Å². The summed E-state index contributed by atoms with van der Waals surface area (Å²) in [4.78, 5) is 24.0. The molecule has 0 aromatic carbocycles. The molecule has 0 unspecified atom stereocenters. The van der Waals surface area contributed by atoms with Gasteiger partial charge in [-0.15, -0.1) is 0 Å². The zero-order chi connectivity index (χ0) is 16.5. The second kappa shape index (κ2) is 6.08. The van der Waals surface area contributed by atoms with Crippen LogP contribution in [0.3, 0.4) is 0 Å². The van der Waals surface area contributed by atoms with Crippen LogP contribution in [0.15, 0.2) is 0 Å². The van der Waals surface area contributed by atoms with E-state index in [1.165, 1.54) is 0 Å². The van der Waals surface area contributed by atoms with Crippen LogP contribution in [0.1, 0.15) is 60.8 Å². The van der Waals surface area contributed by atoms with Gasteiger partial charge in [-0.05, 0) is 33.6 Å². The van der Waals surface area contributed by atoms with Crippen molar-refractivity contribution in [1.82, 2.24) is 5.32 Å². The molecule has 0 aromatic rings. The number of carbonyl (C=O) groups excluding carboxylic acids is 2. The molecule has 21 heavy (non-hydrogen) atoms. The van der Waals surface area contributed by atoms with Crippen molar-refractivity contribution in [3.05, 3.63) is 0 Å². The Morgan fingerprint density at radius 2 is 1.71 bits per heavy atom. The molecule has 0 bridgehead atoms. The Bertz CT molecular complexity index is 453. The summed E-state index contributed by atoms with van der Waals surface area (Å²) >= 11 is 0.737. The molecule has 0 aliphatic heterocycles. The molecule has 1 amide bonds. The smallest absolute Gasteiger partial charge is 0.408 e. The highest BCUT2D eigenvalue weighted by Crippen LogP contribution is 2.38. The summed E-state index contributed by atoms with van der Waals surface area (Å²) < 4.78 is 5.08. The third-order valence-corrected chi connectivity index (χ3v) is 3.89. The Balaban J connectivity index is 2.62. The van der Waals surface area contributed by atoms with E-state index in [0.29, 0.717) is 12.8 Å². The molecule has 1 aliphatic carbocycles. The highest BCUT2D eigenvalue weighted by atomic mass is 32.1. The van der Waals surface area contributed by atoms with Gasteiger partial charge in [0, 0.05) is 4.75 Å². The predicted octanol–water partition coefficient (Wildman–Crippen LogP) is 2.95. The highest BCUT2D eigenvalue weighted by Gasteiger charge is 2.51. The van der Waals surface area contributed by atoms with Crippen molar-refractivity contribution >= 4 is 28.3 Å². The van der Waals surface area contributed by atoms with Crippen molar-refractivity contribution in [2.75, 3.05) is 0 Å². The van der Waals surface area contributed by atoms with E-state index in [9.17, 15) is 14.7 Å². The number of alkyl carbamates (subject to hydrolysis) is 1. The number of ketones is 1. The van der Waals surface area contributed by atoms with Crippen LogP contribution >= 0.6 is 11.4 Å². The van der Waals surface area contributed by atoms with Crippen molar-refractivity contribution in [2.45, 2.75) is 76.7 Å². The maximum atomic E-state index is 12.3. The van der Waals surface area contributed by atoms with Gasteiger partial charge in [0.25, 0.3) is 0 Å². The van der Waals surface area contributed by atoms with Gasteiger partial charge in [0.2, 0.25) is 0 Å². The summed E-state index contributed by atoms with van der Waals surface area (Å²) in [5.41, 5.74) is -1.44. The molecule has 1 aliphatic rings. The minimum atomic E-state index is -0.844. The first-order chi connectivity index (χ1) is 9.33. The number of ether oxygens (including phenoxy) is 1. The van der Waals surface area contributed by atoms with Crippen LogP contribution in [0, 0.1) is 0 Å². The van der Waals surface area contributed by atoms with Gasteiger partial charge in [-0.25, -0.2) is 4.79 Å². The van der Waals surface area contributed by atoms with Gasteiger partial charge in [-0.3, -0.25) is 4.79 Å². The average molecular weight is 317 g/mol. The van der Waals surface area contributed by atoms with E-state index >= 15 is 0 Å². The van der Waals surface area contributed by atoms with Gasteiger partial charge in [-0.2, -0.15) is 11.4 Å². The number of carbonyl (C=O) groups is 2. The second-order valence-corrected chi connectivity index (χ2v) is 9.59. The molecule has 1 rings (SSSR count). The molecule has 1 fully saturated rings. The molecular weight excluding hydrogens is 290 g/mol. The summed E-state index contributed by atoms with van der Waals surface area (Å²) in [6.07, 6.45) is 0.602. The van der Waals surface area contributed by atoms with Gasteiger partial charge in [0.15, 0.2) is 5.78 Å². The number of hydrogen-bond acceptors (Lipinski definition) is 3. The van der Waals surface area contributed by atoms with Crippen LogP contribution in [-0.4, -0.2) is 37.9 Å². The van der Waals surface area contributed by atoms with Crippen LogP contribution in [0.2, 0.25) is 0 Å². The first-order valence-corrected chi connectivity index (χ1v) is 8.05. The summed E-state index contributed by atoms with van der Waals surface area (Å²) in [7, 11) is 0. The van der Waals surface area contributed by atoms with E-state index in [4.69, 9.17) is 4.74 Å². The predicted molar refractivity (Wildman–Crippen MR) is 87.3 cm³/mol. The number of nitrogens with one attached hydrogen (secondary N) is 1. The number of amides is 1. The van der Waals surface area contributed by atoms with Crippen LogP contribution < -0.4 is 5.32 Å². The van der Waals surface area contributed by atoms with E-state index in [0.717, 1.165) is 11.4 Å². The Labute approximate surface area is 130 Å². The maximum absolute atomic E-state index is 12.3. The lowest BCUT2D eigenvalue weighted by Gasteiger charge is -2.23. The van der Waals surface area contributed by atoms with Crippen LogP contribution in [0.25, 0.3) is 0 Å². The summed E-state index contributed by atoms with van der Waals surface area (Å²) in [6, 6.07) is 0. The third kappa shape index (κ3) is 6.61. The van der Waals surface area contributed by atoms with Gasteiger partial charge in [-0.1, -0.05) is 20.8 Å². The van der Waals surface area contributed by atoms with Crippen molar-refractivity contribution in [3.63, 3.8) is 0 Å². The van der Waals surface area contributed by atoms with Crippen LogP contribution in [0.4, 0.5) is 4.79 Å². The highest BCUT2D eigenvalue weighted by molar-refractivity contribution is 7.99. The van der Waals surface area contributed by atoms with Crippen molar-refractivity contribution in [2.24, 2.45) is 0 Å². The van der Waals surface area contributed by atoms with Gasteiger partial charge in [0.1, 0.15) is 11.1 Å². The fraction of sp³-hybridized carbons (Fsp3) is 0.800. The number of thiol groups is 1. The van der Waals surface area contributed by atoms with E-state index in [1.54, 1.807) is 20.8 Å². The normalized spacial score (nSPS) is 18.5. The molecule has 1 saturated carbocycles. The number of aliphatic hydroxyl groups is 1. The largest absolute Gasteiger partial charge is 0.444 e. The summed E-state index contributed by atoms with van der Waals surface area (Å²) in [5.74, 6) is -0.150. The molecule has 0 spiro atoms. The van der Waals surface area contributed by atoms with Crippen LogP contribution in [0.5, 0.6) is 0 Å². The van der Waals surface area contributed by atoms with Gasteiger partial charge in [0.05, 0.1) is 11.5 Å². The quantitative estimate of drug-likeness (QED) is 0.550. The van der Waals surface area contributed by atoms with E-state index in [2.05, 4.69) is 5.32 Å². The zero-order valence-electron chi connectivity index (χ0n) is 13.7. The van der Waals surface area contributed by atoms with Gasteiger partial charge < -0.3 is 15.2 Å². The second-order valence-electron chi connectivity index (χ2n) is 7.51. The molecule has 0 radical (unpaired) electrons. The topological polar surface area (TPSA) is 75.6 Å². The average Bonchev–Trinajstić information content (AvgIpc) is 2.91. The lowest BCUT2D eigenvalue weighted by Crippen LogP contribution is -2.46. The molecule has 0 saturated heterocycles. The number of rotatable bonds is 4. The van der Waals surface area contributed by atoms with Crippen molar-refractivity contribution in [1.29, 1.82) is 0 Å². The summed E-state index contributed by atoms with van der Waals surface area (Å²) in [6.45, 7) is 11.3. The molecule has 0 aromatic heterocycles. The Kier molecular flexibility index (Phi) is 5.26. The number of Topliss-reactive ketones (excluding diaryl/α,β-unsaturated/α-hetero) is 1. The lowest BCUT2D eigenvalue weighted by molar-refractivity contribution is -0.121. The third-order valence-electron chi connectivity index (χ3n) is 2.81. The molecule has 0 atom stereocenters. The molecule has 0 heterocycles. The van der Waals surface area contributed by atoms with E-state index in [1.807, 2.05) is 20.8 Å². The molecular formula is C15H27NO4S. The van der Waals surface area contributed by atoms with Crippen LogP contribution in [-0.2, 0) is 9.53 Å². The standard InChI is InChI=1S/C15H27NO4S/c1-13(2,3)20-12(19)16-15(7-8-15)10(17)9-11(18)21-14(4,5)6/h18,21H,7-9H2,1-6H3,(H,16,19). The number of hydrogen-bond donors (Lipinski definition) is 3. The molecule has 5 nitrogen and oxygen atoms in total. The van der Waals surface area contributed by atoms with E-state index < -0.39 is 17.2 Å². The Morgan fingerprint density at radius 3 is 2.10 bits per heavy atom. The molecule has 6 heteroatoms. The van der Waals surface area contributed by atoms with Crippen molar-refractivity contribution in [3.8, 4) is 0 Å². The zero-order valence-corrected chi connectivity index (χ0v) is 14.6. The number of aliphatic hydroxyl groups excluding tert-OH is 1. The Morgan fingerprint density at radius 1 is 1.19 bits per heavy atom. The maximum Gasteiger partial charge on any atom is 0.408 e. The minimum Gasteiger partial charge on any atom is -0.444 e. The SMILES string of the molecule is CC(C)(C)OC(=O)NC1(C(=O)CC(O)=[SH]C(C)(C)C)CC1. The summed E-state index contributed by atoms with van der Waals surface area (Å²) in [5, 5.41) is 12.7. The Hall–Kier alpha value is -0.880. The van der Waals surface area contributed by atoms with Crippen molar-refractivity contribution < 1.29 is 19.4 Å². The first kappa shape index (κ1) is 18.2. The molecule has 2 N–H and O–H groups in total. The monoisotopic (exact) mass is 317 g/mol. The van der Waals surface area contributed by atoms with Gasteiger partial charge >= 0.3 is 6.09 Å². The minimum absolute atomic E-state index is 0.0192. The molecule has 122 valence electrons. The fourth-order valence-corrected chi connectivity index (χ4v) is 2.83. The lowest BCUT2D eigenvalue weighted by atomic mass is 10.1. The fourth-order valence-electron chi connectivity index (χ4n) is 1.84.